The molecule has 0 unspecified atom stereocenters. The van der Waals surface area contributed by atoms with Gasteiger partial charge in [0.25, 0.3) is 5.91 Å². The largest absolute Gasteiger partial charge is 0.496 e. The van der Waals surface area contributed by atoms with Crippen LogP contribution < -0.4 is 4.74 Å². The third-order valence-electron chi connectivity index (χ3n) is 4.92. The maximum Gasteiger partial charge on any atom is 0.257 e. The molecule has 1 aliphatic carbocycles. The van der Waals surface area contributed by atoms with Crippen molar-refractivity contribution in [3.05, 3.63) is 29.3 Å². The van der Waals surface area contributed by atoms with Crippen molar-refractivity contribution in [2.24, 2.45) is 5.92 Å². The monoisotopic (exact) mass is 330 g/mol. The van der Waals surface area contributed by atoms with Gasteiger partial charge in [0.1, 0.15) is 5.75 Å². The average molecular weight is 330 g/mol. The third kappa shape index (κ3) is 3.55. The summed E-state index contributed by atoms with van der Waals surface area (Å²) in [6, 6.07) is 5.79. The highest BCUT2D eigenvalue weighted by atomic mass is 16.5. The van der Waals surface area contributed by atoms with Crippen LogP contribution >= 0.6 is 0 Å². The Labute approximate surface area is 143 Å². The molecular formula is C19H26N2O3. The Morgan fingerprint density at radius 1 is 1.12 bits per heavy atom. The van der Waals surface area contributed by atoms with E-state index in [9.17, 15) is 9.59 Å². The summed E-state index contributed by atoms with van der Waals surface area (Å²) in [6.07, 6.45) is 3.77. The molecule has 2 fully saturated rings. The van der Waals surface area contributed by atoms with Crippen molar-refractivity contribution in [1.29, 1.82) is 0 Å². The molecule has 1 saturated carbocycles. The molecule has 3 rings (SSSR count). The number of amides is 2. The van der Waals surface area contributed by atoms with Crippen LogP contribution in [-0.4, -0.2) is 54.9 Å². The van der Waals surface area contributed by atoms with Crippen LogP contribution in [0.4, 0.5) is 0 Å². The normalized spacial score (nSPS) is 18.2. The van der Waals surface area contributed by atoms with Crippen LogP contribution in [0.25, 0.3) is 0 Å². The highest BCUT2D eigenvalue weighted by molar-refractivity contribution is 5.97. The summed E-state index contributed by atoms with van der Waals surface area (Å²) in [5.41, 5.74) is 1.75. The second-order valence-electron chi connectivity index (χ2n) is 6.63. The van der Waals surface area contributed by atoms with Gasteiger partial charge in [0, 0.05) is 32.1 Å². The van der Waals surface area contributed by atoms with Gasteiger partial charge in [-0.15, -0.1) is 0 Å². The summed E-state index contributed by atoms with van der Waals surface area (Å²) in [6.45, 7) is 4.75. The molecule has 0 atom stereocenters. The van der Waals surface area contributed by atoms with Gasteiger partial charge < -0.3 is 14.5 Å². The van der Waals surface area contributed by atoms with Crippen LogP contribution in [0.15, 0.2) is 18.2 Å². The number of nitrogens with zero attached hydrogens (tertiary/aromatic N) is 2. The maximum atomic E-state index is 13.0. The average Bonchev–Trinajstić information content (AvgIpc) is 3.46. The highest BCUT2D eigenvalue weighted by Gasteiger charge is 2.34. The van der Waals surface area contributed by atoms with E-state index < -0.39 is 0 Å². The SMILES string of the molecule is CCc1ccc(OC)c(C(=O)N2CCCN(C(=O)C3CC3)CC2)c1. The van der Waals surface area contributed by atoms with E-state index in [-0.39, 0.29) is 17.7 Å². The minimum absolute atomic E-state index is 0.00266. The Balaban J connectivity index is 1.72. The molecule has 0 radical (unpaired) electrons. The van der Waals surface area contributed by atoms with Crippen LogP contribution in [0.5, 0.6) is 5.75 Å². The zero-order chi connectivity index (χ0) is 17.1. The Morgan fingerprint density at radius 2 is 1.83 bits per heavy atom. The second-order valence-corrected chi connectivity index (χ2v) is 6.63. The van der Waals surface area contributed by atoms with Gasteiger partial charge in [-0.25, -0.2) is 0 Å². The summed E-state index contributed by atoms with van der Waals surface area (Å²) < 4.78 is 5.38. The van der Waals surface area contributed by atoms with E-state index in [0.717, 1.165) is 37.8 Å². The fraction of sp³-hybridized carbons (Fsp3) is 0.579. The van der Waals surface area contributed by atoms with Crippen molar-refractivity contribution in [2.45, 2.75) is 32.6 Å². The van der Waals surface area contributed by atoms with Crippen molar-refractivity contribution in [3.63, 3.8) is 0 Å². The molecule has 1 aromatic rings. The quantitative estimate of drug-likeness (QED) is 0.851. The van der Waals surface area contributed by atoms with E-state index in [1.165, 1.54) is 0 Å². The van der Waals surface area contributed by atoms with Crippen molar-refractivity contribution >= 4 is 11.8 Å². The second kappa shape index (κ2) is 7.24. The third-order valence-corrected chi connectivity index (χ3v) is 4.92. The van der Waals surface area contributed by atoms with E-state index in [1.54, 1.807) is 7.11 Å². The van der Waals surface area contributed by atoms with Gasteiger partial charge in [-0.1, -0.05) is 13.0 Å². The maximum absolute atomic E-state index is 13.0. The molecular weight excluding hydrogens is 304 g/mol. The lowest BCUT2D eigenvalue weighted by atomic mass is 10.1. The molecule has 24 heavy (non-hydrogen) atoms. The number of aryl methyl sites for hydroxylation is 1. The van der Waals surface area contributed by atoms with Gasteiger partial charge in [0.2, 0.25) is 5.91 Å². The minimum atomic E-state index is 0.00266. The molecule has 5 nitrogen and oxygen atoms in total. The van der Waals surface area contributed by atoms with Gasteiger partial charge in [0.05, 0.1) is 12.7 Å². The fourth-order valence-electron chi connectivity index (χ4n) is 3.24. The standard InChI is InChI=1S/C19H26N2O3/c1-3-14-5-8-17(24-2)16(13-14)19(23)21-10-4-9-20(11-12-21)18(22)15-6-7-15/h5,8,13,15H,3-4,6-7,9-12H2,1-2H3. The molecule has 0 aromatic heterocycles. The predicted molar refractivity (Wildman–Crippen MR) is 92.2 cm³/mol. The zero-order valence-corrected chi connectivity index (χ0v) is 14.6. The van der Waals surface area contributed by atoms with E-state index in [4.69, 9.17) is 4.74 Å². The molecule has 0 bridgehead atoms. The first-order valence-electron chi connectivity index (χ1n) is 8.89. The van der Waals surface area contributed by atoms with Crippen molar-refractivity contribution in [3.8, 4) is 5.75 Å². The van der Waals surface area contributed by atoms with Crippen LogP contribution in [-0.2, 0) is 11.2 Å². The number of carbonyl (C=O) groups excluding carboxylic acids is 2. The fourth-order valence-corrected chi connectivity index (χ4v) is 3.24. The lowest BCUT2D eigenvalue weighted by Crippen LogP contribution is -2.38. The molecule has 0 N–H and O–H groups in total. The summed E-state index contributed by atoms with van der Waals surface area (Å²) >= 11 is 0. The topological polar surface area (TPSA) is 49.9 Å². The first-order chi connectivity index (χ1) is 11.6. The molecule has 2 aliphatic rings. The van der Waals surface area contributed by atoms with Crippen molar-refractivity contribution < 1.29 is 14.3 Å². The van der Waals surface area contributed by atoms with Crippen LogP contribution in [0, 0.1) is 5.92 Å². The first-order valence-corrected chi connectivity index (χ1v) is 8.89. The number of benzene rings is 1. The Hall–Kier alpha value is -2.04. The lowest BCUT2D eigenvalue weighted by Gasteiger charge is -2.23. The minimum Gasteiger partial charge on any atom is -0.496 e. The van der Waals surface area contributed by atoms with Gasteiger partial charge in [-0.2, -0.15) is 0 Å². The van der Waals surface area contributed by atoms with Gasteiger partial charge in [-0.05, 0) is 43.4 Å². The number of carbonyl (C=O) groups is 2. The van der Waals surface area contributed by atoms with Gasteiger partial charge >= 0.3 is 0 Å². The molecule has 1 aliphatic heterocycles. The van der Waals surface area contributed by atoms with E-state index in [1.807, 2.05) is 28.0 Å². The highest BCUT2D eigenvalue weighted by Crippen LogP contribution is 2.31. The smallest absolute Gasteiger partial charge is 0.257 e. The number of ether oxygens (including phenoxy) is 1. The van der Waals surface area contributed by atoms with E-state index in [2.05, 4.69) is 6.92 Å². The Bertz CT molecular complexity index is 625. The van der Waals surface area contributed by atoms with Crippen LogP contribution in [0.1, 0.15) is 42.1 Å². The molecule has 0 spiro atoms. The molecule has 1 saturated heterocycles. The summed E-state index contributed by atoms with van der Waals surface area (Å²) in [4.78, 5) is 29.0. The van der Waals surface area contributed by atoms with Crippen molar-refractivity contribution in [2.75, 3.05) is 33.3 Å². The van der Waals surface area contributed by atoms with E-state index in [0.29, 0.717) is 30.9 Å². The summed E-state index contributed by atoms with van der Waals surface area (Å²) in [5.74, 6) is 1.14. The Morgan fingerprint density at radius 3 is 2.50 bits per heavy atom. The number of hydrogen-bond donors (Lipinski definition) is 0. The molecule has 1 aromatic carbocycles. The summed E-state index contributed by atoms with van der Waals surface area (Å²) in [7, 11) is 1.59. The Kier molecular flexibility index (Phi) is 5.07. The van der Waals surface area contributed by atoms with Gasteiger partial charge in [-0.3, -0.25) is 9.59 Å². The van der Waals surface area contributed by atoms with E-state index >= 15 is 0 Å². The molecule has 5 heteroatoms. The van der Waals surface area contributed by atoms with Crippen LogP contribution in [0.2, 0.25) is 0 Å². The number of hydrogen-bond acceptors (Lipinski definition) is 3. The molecule has 1 heterocycles. The zero-order valence-electron chi connectivity index (χ0n) is 14.6. The van der Waals surface area contributed by atoms with Gasteiger partial charge in [0.15, 0.2) is 0 Å². The summed E-state index contributed by atoms with van der Waals surface area (Å²) in [5, 5.41) is 0. The number of rotatable bonds is 4. The number of methoxy groups -OCH3 is 1. The molecule has 2 amide bonds. The first kappa shape index (κ1) is 16.8. The van der Waals surface area contributed by atoms with Crippen molar-refractivity contribution in [1.82, 2.24) is 9.80 Å². The molecule has 130 valence electrons. The predicted octanol–water partition coefficient (Wildman–Crippen LogP) is 2.34. The lowest BCUT2D eigenvalue weighted by molar-refractivity contribution is -0.132. The van der Waals surface area contributed by atoms with Crippen LogP contribution in [0.3, 0.4) is 0 Å².